The maximum absolute atomic E-state index is 12.5. The summed E-state index contributed by atoms with van der Waals surface area (Å²) in [6, 6.07) is 14.6. The molecular weight excluding hydrogens is 318 g/mol. The fourth-order valence-electron chi connectivity index (χ4n) is 3.24. The maximum Gasteiger partial charge on any atom is 0.335 e. The van der Waals surface area contributed by atoms with Crippen LogP contribution in [0.3, 0.4) is 0 Å². The molecule has 1 heterocycles. The van der Waals surface area contributed by atoms with Gasteiger partial charge in [0.15, 0.2) is 0 Å². The smallest absolute Gasteiger partial charge is 0.335 e. The molecule has 1 saturated heterocycles. The van der Waals surface area contributed by atoms with Crippen molar-refractivity contribution in [1.82, 2.24) is 4.90 Å². The van der Waals surface area contributed by atoms with Crippen LogP contribution in [0, 0.1) is 0 Å². The zero-order valence-corrected chi connectivity index (χ0v) is 14.1. The third-order valence-corrected chi connectivity index (χ3v) is 4.66. The molecule has 1 aliphatic heterocycles. The van der Waals surface area contributed by atoms with Crippen molar-refractivity contribution in [2.75, 3.05) is 20.2 Å². The first-order chi connectivity index (χ1) is 12.1. The number of nitrogens with zero attached hydrogens (tertiary/aromatic N) is 1. The van der Waals surface area contributed by atoms with Crippen molar-refractivity contribution in [2.24, 2.45) is 0 Å². The lowest BCUT2D eigenvalue weighted by Gasteiger charge is -2.17. The molecule has 1 atom stereocenters. The van der Waals surface area contributed by atoms with Crippen LogP contribution < -0.4 is 4.74 Å². The van der Waals surface area contributed by atoms with Crippen molar-refractivity contribution in [1.29, 1.82) is 0 Å². The summed E-state index contributed by atoms with van der Waals surface area (Å²) in [5.74, 6) is 0.224. The van der Waals surface area contributed by atoms with Gasteiger partial charge in [-0.05, 0) is 41.8 Å². The first kappa shape index (κ1) is 17.0. The van der Waals surface area contributed by atoms with Gasteiger partial charge in [0.25, 0.3) is 0 Å². The molecule has 1 fully saturated rings. The van der Waals surface area contributed by atoms with Crippen LogP contribution in [0.15, 0.2) is 48.5 Å². The third-order valence-electron chi connectivity index (χ3n) is 4.66. The molecule has 2 aromatic carbocycles. The molecule has 0 saturated carbocycles. The molecule has 0 radical (unpaired) electrons. The number of carbonyl (C=O) groups excluding carboxylic acids is 1. The van der Waals surface area contributed by atoms with Crippen molar-refractivity contribution >= 4 is 11.9 Å². The number of hydrogen-bond donors (Lipinski definition) is 1. The lowest BCUT2D eigenvalue weighted by atomic mass is 9.98. The van der Waals surface area contributed by atoms with Gasteiger partial charge in [-0.2, -0.15) is 0 Å². The average Bonchev–Trinajstić information content (AvgIpc) is 3.12. The van der Waals surface area contributed by atoms with Gasteiger partial charge in [0.05, 0.1) is 19.1 Å². The number of hydrogen-bond acceptors (Lipinski definition) is 3. The molecule has 130 valence electrons. The van der Waals surface area contributed by atoms with E-state index in [0.29, 0.717) is 12.5 Å². The Balaban J connectivity index is 1.62. The molecule has 0 bridgehead atoms. The highest BCUT2D eigenvalue weighted by molar-refractivity contribution is 5.88. The van der Waals surface area contributed by atoms with Crippen LogP contribution in [0.5, 0.6) is 5.75 Å². The fraction of sp³-hybridized carbons (Fsp3) is 0.300. The topological polar surface area (TPSA) is 66.8 Å². The van der Waals surface area contributed by atoms with E-state index in [1.54, 1.807) is 25.3 Å². The van der Waals surface area contributed by atoms with Gasteiger partial charge in [-0.25, -0.2) is 4.79 Å². The Labute approximate surface area is 146 Å². The number of ether oxygens (including phenoxy) is 1. The zero-order valence-electron chi connectivity index (χ0n) is 14.1. The number of rotatable bonds is 5. The summed E-state index contributed by atoms with van der Waals surface area (Å²) in [5, 5.41) is 9.05. The number of benzene rings is 2. The number of carbonyl (C=O) groups is 2. The Bertz CT molecular complexity index is 770. The van der Waals surface area contributed by atoms with Crippen molar-refractivity contribution in [3.8, 4) is 5.75 Å². The second-order valence-electron chi connectivity index (χ2n) is 6.28. The van der Waals surface area contributed by atoms with Crippen LogP contribution >= 0.6 is 0 Å². The predicted molar refractivity (Wildman–Crippen MR) is 94.0 cm³/mol. The normalized spacial score (nSPS) is 16.7. The van der Waals surface area contributed by atoms with E-state index in [0.717, 1.165) is 24.3 Å². The van der Waals surface area contributed by atoms with Gasteiger partial charge in [-0.15, -0.1) is 0 Å². The Kier molecular flexibility index (Phi) is 5.03. The van der Waals surface area contributed by atoms with Crippen molar-refractivity contribution in [2.45, 2.75) is 18.8 Å². The van der Waals surface area contributed by atoms with Crippen LogP contribution in [0.4, 0.5) is 0 Å². The van der Waals surface area contributed by atoms with E-state index in [1.807, 2.05) is 29.2 Å². The summed E-state index contributed by atoms with van der Waals surface area (Å²) in [4.78, 5) is 25.4. The highest BCUT2D eigenvalue weighted by atomic mass is 16.5. The molecule has 1 aliphatic rings. The summed E-state index contributed by atoms with van der Waals surface area (Å²) >= 11 is 0. The Morgan fingerprint density at radius 3 is 2.64 bits per heavy atom. The van der Waals surface area contributed by atoms with E-state index in [-0.39, 0.29) is 17.9 Å². The van der Waals surface area contributed by atoms with Crippen molar-refractivity contribution in [3.05, 3.63) is 65.2 Å². The summed E-state index contributed by atoms with van der Waals surface area (Å²) in [7, 11) is 1.64. The van der Waals surface area contributed by atoms with Gasteiger partial charge < -0.3 is 14.7 Å². The predicted octanol–water partition coefficient (Wildman–Crippen LogP) is 2.95. The van der Waals surface area contributed by atoms with Gasteiger partial charge in [-0.3, -0.25) is 4.79 Å². The van der Waals surface area contributed by atoms with Crippen LogP contribution in [0.2, 0.25) is 0 Å². The van der Waals surface area contributed by atoms with Crippen LogP contribution in [-0.2, 0) is 11.2 Å². The van der Waals surface area contributed by atoms with Gasteiger partial charge in [0.1, 0.15) is 5.75 Å². The standard InChI is InChI=1S/C20H21NO4/c1-25-18-7-5-15(6-8-18)17-9-10-21(13-17)19(22)12-14-3-2-4-16(11-14)20(23)24/h2-8,11,17H,9-10,12-13H2,1H3,(H,23,24)/t17-/m1/s1. The van der Waals surface area contributed by atoms with Gasteiger partial charge >= 0.3 is 5.97 Å². The summed E-state index contributed by atoms with van der Waals surface area (Å²) in [6.45, 7) is 1.43. The van der Waals surface area contributed by atoms with Crippen LogP contribution in [0.25, 0.3) is 0 Å². The Morgan fingerprint density at radius 1 is 1.20 bits per heavy atom. The second kappa shape index (κ2) is 7.38. The highest BCUT2D eigenvalue weighted by Gasteiger charge is 2.27. The lowest BCUT2D eigenvalue weighted by Crippen LogP contribution is -2.29. The largest absolute Gasteiger partial charge is 0.497 e. The molecule has 1 amide bonds. The number of carboxylic acids is 1. The van der Waals surface area contributed by atoms with Crippen LogP contribution in [-0.4, -0.2) is 42.1 Å². The van der Waals surface area contributed by atoms with E-state index in [9.17, 15) is 9.59 Å². The van der Waals surface area contributed by atoms with Gasteiger partial charge in [-0.1, -0.05) is 24.3 Å². The zero-order chi connectivity index (χ0) is 17.8. The minimum Gasteiger partial charge on any atom is -0.497 e. The Morgan fingerprint density at radius 2 is 1.96 bits per heavy atom. The minimum absolute atomic E-state index is 0.0403. The molecule has 0 aromatic heterocycles. The molecule has 2 aromatic rings. The molecule has 0 aliphatic carbocycles. The fourth-order valence-corrected chi connectivity index (χ4v) is 3.24. The maximum atomic E-state index is 12.5. The number of aromatic carboxylic acids is 1. The Hall–Kier alpha value is -2.82. The van der Waals surface area contributed by atoms with Gasteiger partial charge in [0.2, 0.25) is 5.91 Å². The molecule has 3 rings (SSSR count). The van der Waals surface area contributed by atoms with E-state index < -0.39 is 5.97 Å². The van der Waals surface area contributed by atoms with E-state index in [1.165, 1.54) is 11.6 Å². The minimum atomic E-state index is -0.977. The number of methoxy groups -OCH3 is 1. The summed E-state index contributed by atoms with van der Waals surface area (Å²) in [5.41, 5.74) is 2.16. The highest BCUT2D eigenvalue weighted by Crippen LogP contribution is 2.28. The van der Waals surface area contributed by atoms with Gasteiger partial charge in [0, 0.05) is 19.0 Å². The molecule has 5 nitrogen and oxygen atoms in total. The van der Waals surface area contributed by atoms with E-state index >= 15 is 0 Å². The summed E-state index contributed by atoms with van der Waals surface area (Å²) < 4.78 is 5.18. The van der Waals surface area contributed by atoms with Crippen molar-refractivity contribution < 1.29 is 19.4 Å². The number of likely N-dealkylation sites (tertiary alicyclic amines) is 1. The average molecular weight is 339 g/mol. The van der Waals surface area contributed by atoms with Crippen molar-refractivity contribution in [3.63, 3.8) is 0 Å². The SMILES string of the molecule is COc1ccc([C@@H]2CCN(C(=O)Cc3cccc(C(=O)O)c3)C2)cc1. The lowest BCUT2D eigenvalue weighted by molar-refractivity contribution is -0.129. The first-order valence-electron chi connectivity index (χ1n) is 8.31. The molecule has 0 unspecified atom stereocenters. The van der Waals surface area contributed by atoms with E-state index in [4.69, 9.17) is 9.84 Å². The quantitative estimate of drug-likeness (QED) is 0.909. The molecule has 1 N–H and O–H groups in total. The molecule has 5 heteroatoms. The second-order valence-corrected chi connectivity index (χ2v) is 6.28. The van der Waals surface area contributed by atoms with Crippen LogP contribution in [0.1, 0.15) is 33.8 Å². The summed E-state index contributed by atoms with van der Waals surface area (Å²) in [6.07, 6.45) is 1.17. The number of amides is 1. The molecule has 25 heavy (non-hydrogen) atoms. The molecule has 0 spiro atoms. The number of carboxylic acid groups (broad SMARTS) is 1. The molecular formula is C20H21NO4. The monoisotopic (exact) mass is 339 g/mol. The first-order valence-corrected chi connectivity index (χ1v) is 8.31. The third kappa shape index (κ3) is 3.99. The van der Waals surface area contributed by atoms with E-state index in [2.05, 4.69) is 0 Å².